The van der Waals surface area contributed by atoms with Gasteiger partial charge in [0.1, 0.15) is 0 Å². The van der Waals surface area contributed by atoms with Crippen molar-refractivity contribution in [1.29, 1.82) is 0 Å². The fraction of sp³-hybridized carbons (Fsp3) is 0.692. The van der Waals surface area contributed by atoms with Crippen molar-refractivity contribution in [2.45, 2.75) is 59.2 Å². The standard InChI is InChI=1S/C13H23N/c1-10(2)14(11(3)4)12(5)13-8-6-7-9-13/h6,8-12H,7H2,1-5H3. The summed E-state index contributed by atoms with van der Waals surface area (Å²) in [4.78, 5) is 2.56. The molecule has 1 aliphatic rings. The van der Waals surface area contributed by atoms with E-state index in [-0.39, 0.29) is 0 Å². The Balaban J connectivity index is 2.73. The minimum Gasteiger partial charge on any atom is -0.292 e. The van der Waals surface area contributed by atoms with Crippen molar-refractivity contribution in [2.75, 3.05) is 0 Å². The Morgan fingerprint density at radius 3 is 2.00 bits per heavy atom. The van der Waals surface area contributed by atoms with Crippen LogP contribution in [-0.2, 0) is 0 Å². The minimum absolute atomic E-state index is 0.550. The van der Waals surface area contributed by atoms with Gasteiger partial charge >= 0.3 is 0 Å². The van der Waals surface area contributed by atoms with Crippen LogP contribution in [0.4, 0.5) is 0 Å². The van der Waals surface area contributed by atoms with E-state index in [1.54, 1.807) is 0 Å². The summed E-state index contributed by atoms with van der Waals surface area (Å²) < 4.78 is 0. The summed E-state index contributed by atoms with van der Waals surface area (Å²) in [6.45, 7) is 11.4. The third-order valence-electron chi connectivity index (χ3n) is 2.92. The molecule has 0 aromatic carbocycles. The van der Waals surface area contributed by atoms with Crippen LogP contribution in [0.3, 0.4) is 0 Å². The summed E-state index contributed by atoms with van der Waals surface area (Å²) in [5, 5.41) is 0. The second-order valence-electron chi connectivity index (χ2n) is 4.65. The van der Waals surface area contributed by atoms with Crippen LogP contribution in [0.5, 0.6) is 0 Å². The van der Waals surface area contributed by atoms with E-state index in [9.17, 15) is 0 Å². The maximum absolute atomic E-state index is 2.56. The lowest BCUT2D eigenvalue weighted by atomic mass is 10.0. The van der Waals surface area contributed by atoms with Crippen LogP contribution in [-0.4, -0.2) is 23.0 Å². The van der Waals surface area contributed by atoms with Gasteiger partial charge in [-0.3, -0.25) is 4.90 Å². The van der Waals surface area contributed by atoms with Crippen molar-refractivity contribution in [3.05, 3.63) is 23.8 Å². The molecule has 1 aliphatic carbocycles. The largest absolute Gasteiger partial charge is 0.292 e. The average Bonchev–Trinajstić information content (AvgIpc) is 2.53. The van der Waals surface area contributed by atoms with Gasteiger partial charge in [-0.15, -0.1) is 0 Å². The zero-order valence-corrected chi connectivity index (χ0v) is 10.1. The van der Waals surface area contributed by atoms with Crippen LogP contribution >= 0.6 is 0 Å². The zero-order valence-electron chi connectivity index (χ0n) is 10.1. The van der Waals surface area contributed by atoms with Crippen LogP contribution in [0.1, 0.15) is 41.0 Å². The molecule has 1 atom stereocenters. The SMILES string of the molecule is CC(C)N(C(C)C)C(C)C1=CCC=C1. The molecule has 80 valence electrons. The Labute approximate surface area is 88.5 Å². The molecule has 0 saturated carbocycles. The van der Waals surface area contributed by atoms with Gasteiger partial charge in [0.25, 0.3) is 0 Å². The highest BCUT2D eigenvalue weighted by molar-refractivity contribution is 5.30. The fourth-order valence-corrected chi connectivity index (χ4v) is 2.45. The number of nitrogens with zero attached hydrogens (tertiary/aromatic N) is 1. The zero-order chi connectivity index (χ0) is 10.7. The van der Waals surface area contributed by atoms with E-state index in [0.717, 1.165) is 6.42 Å². The van der Waals surface area contributed by atoms with Gasteiger partial charge in [0.2, 0.25) is 0 Å². The lowest BCUT2D eigenvalue weighted by Gasteiger charge is -2.36. The topological polar surface area (TPSA) is 3.24 Å². The average molecular weight is 193 g/mol. The molecular weight excluding hydrogens is 170 g/mol. The van der Waals surface area contributed by atoms with Gasteiger partial charge in [-0.1, -0.05) is 18.2 Å². The molecule has 0 amide bonds. The smallest absolute Gasteiger partial charge is 0.0322 e. The van der Waals surface area contributed by atoms with Crippen molar-refractivity contribution in [3.8, 4) is 0 Å². The molecule has 0 aromatic rings. The maximum atomic E-state index is 2.56. The summed E-state index contributed by atoms with van der Waals surface area (Å²) in [5.41, 5.74) is 1.48. The molecule has 0 fully saturated rings. The van der Waals surface area contributed by atoms with Crippen molar-refractivity contribution in [1.82, 2.24) is 4.90 Å². The highest BCUT2D eigenvalue weighted by Crippen LogP contribution is 2.21. The van der Waals surface area contributed by atoms with E-state index in [2.05, 4.69) is 57.7 Å². The summed E-state index contributed by atoms with van der Waals surface area (Å²) in [6.07, 6.45) is 7.96. The molecule has 0 heterocycles. The van der Waals surface area contributed by atoms with Gasteiger partial charge in [0.05, 0.1) is 0 Å². The third-order valence-corrected chi connectivity index (χ3v) is 2.92. The number of allylic oxidation sites excluding steroid dienone is 2. The Morgan fingerprint density at radius 2 is 1.64 bits per heavy atom. The maximum Gasteiger partial charge on any atom is 0.0322 e. The number of hydrogen-bond acceptors (Lipinski definition) is 1. The number of hydrogen-bond donors (Lipinski definition) is 0. The molecule has 0 spiro atoms. The quantitative estimate of drug-likeness (QED) is 0.661. The Kier molecular flexibility index (Phi) is 3.94. The van der Waals surface area contributed by atoms with Crippen LogP contribution in [0.2, 0.25) is 0 Å². The van der Waals surface area contributed by atoms with Crippen molar-refractivity contribution >= 4 is 0 Å². The molecule has 1 nitrogen and oxygen atoms in total. The highest BCUT2D eigenvalue weighted by Gasteiger charge is 2.22. The minimum atomic E-state index is 0.550. The molecule has 14 heavy (non-hydrogen) atoms. The lowest BCUT2D eigenvalue weighted by Crippen LogP contribution is -2.44. The molecule has 1 rings (SSSR count). The molecule has 0 saturated heterocycles. The van der Waals surface area contributed by atoms with E-state index in [0.29, 0.717) is 18.1 Å². The second kappa shape index (κ2) is 4.79. The van der Waals surface area contributed by atoms with Gasteiger partial charge in [-0.05, 0) is 46.6 Å². The normalized spacial score (nSPS) is 18.4. The molecule has 0 bridgehead atoms. The summed E-state index contributed by atoms with van der Waals surface area (Å²) in [7, 11) is 0. The lowest BCUT2D eigenvalue weighted by molar-refractivity contribution is 0.143. The van der Waals surface area contributed by atoms with Crippen LogP contribution in [0, 0.1) is 0 Å². The summed E-state index contributed by atoms with van der Waals surface area (Å²) >= 11 is 0. The van der Waals surface area contributed by atoms with Gasteiger partial charge in [-0.25, -0.2) is 0 Å². The first kappa shape index (κ1) is 11.5. The van der Waals surface area contributed by atoms with Gasteiger partial charge in [0, 0.05) is 18.1 Å². The Bertz CT molecular complexity index is 228. The Morgan fingerprint density at radius 1 is 1.07 bits per heavy atom. The second-order valence-corrected chi connectivity index (χ2v) is 4.65. The molecule has 0 aliphatic heterocycles. The third kappa shape index (κ3) is 2.48. The van der Waals surface area contributed by atoms with Crippen molar-refractivity contribution in [3.63, 3.8) is 0 Å². The molecule has 1 unspecified atom stereocenters. The van der Waals surface area contributed by atoms with Gasteiger partial charge in [0.15, 0.2) is 0 Å². The fourth-order valence-electron chi connectivity index (χ4n) is 2.45. The molecule has 1 heteroatoms. The first-order valence-corrected chi connectivity index (χ1v) is 5.68. The van der Waals surface area contributed by atoms with Crippen molar-refractivity contribution < 1.29 is 0 Å². The first-order valence-electron chi connectivity index (χ1n) is 5.68. The number of rotatable bonds is 4. The van der Waals surface area contributed by atoms with Gasteiger partial charge < -0.3 is 0 Å². The predicted molar refractivity (Wildman–Crippen MR) is 63.4 cm³/mol. The van der Waals surface area contributed by atoms with E-state index in [1.165, 1.54) is 5.57 Å². The van der Waals surface area contributed by atoms with Crippen LogP contribution in [0.15, 0.2) is 23.8 Å². The van der Waals surface area contributed by atoms with Crippen molar-refractivity contribution in [2.24, 2.45) is 0 Å². The molecule has 0 N–H and O–H groups in total. The van der Waals surface area contributed by atoms with Gasteiger partial charge in [-0.2, -0.15) is 0 Å². The highest BCUT2D eigenvalue weighted by atomic mass is 15.2. The molecule has 0 radical (unpaired) electrons. The van der Waals surface area contributed by atoms with Crippen LogP contribution in [0.25, 0.3) is 0 Å². The Hall–Kier alpha value is -0.560. The molecule has 0 aromatic heterocycles. The molecular formula is C13H23N. The first-order chi connectivity index (χ1) is 6.54. The summed E-state index contributed by atoms with van der Waals surface area (Å²) in [6, 6.07) is 1.77. The predicted octanol–water partition coefficient (Wildman–Crippen LogP) is 3.38. The van der Waals surface area contributed by atoms with E-state index in [4.69, 9.17) is 0 Å². The summed E-state index contributed by atoms with van der Waals surface area (Å²) in [5.74, 6) is 0. The van der Waals surface area contributed by atoms with E-state index in [1.807, 2.05) is 0 Å². The van der Waals surface area contributed by atoms with Crippen LogP contribution < -0.4 is 0 Å². The monoisotopic (exact) mass is 193 g/mol. The van der Waals surface area contributed by atoms with E-state index >= 15 is 0 Å². The van der Waals surface area contributed by atoms with E-state index < -0.39 is 0 Å².